The molecular weight excluding hydrogens is 416 g/mol. The first-order valence-electron chi connectivity index (χ1n) is 15.5. The predicted octanol–water partition coefficient (Wildman–Crippen LogP) is 11.1. The van der Waals surface area contributed by atoms with Crippen molar-refractivity contribution >= 4 is 5.97 Å². The van der Waals surface area contributed by atoms with Gasteiger partial charge in [-0.1, -0.05) is 168 Å². The van der Waals surface area contributed by atoms with Crippen LogP contribution in [0.5, 0.6) is 0 Å². The van der Waals surface area contributed by atoms with Crippen molar-refractivity contribution in [1.82, 2.24) is 0 Å². The maximum Gasteiger partial charge on any atom is 0.306 e. The SMILES string of the molecule is C=CCOC(=O)CC(CCCCCCCCCCCC)CCCCCCCCCCCCCC. The molecule has 0 spiro atoms. The van der Waals surface area contributed by atoms with Gasteiger partial charge in [0.1, 0.15) is 6.61 Å². The summed E-state index contributed by atoms with van der Waals surface area (Å²) in [5.41, 5.74) is 0. The molecule has 0 amide bonds. The summed E-state index contributed by atoms with van der Waals surface area (Å²) >= 11 is 0. The maximum absolute atomic E-state index is 12.1. The quantitative estimate of drug-likeness (QED) is 0.0634. The van der Waals surface area contributed by atoms with Gasteiger partial charge < -0.3 is 4.74 Å². The molecule has 0 saturated carbocycles. The van der Waals surface area contributed by atoms with Crippen LogP contribution in [0.25, 0.3) is 0 Å². The number of rotatable bonds is 28. The third kappa shape index (κ3) is 25.8. The van der Waals surface area contributed by atoms with E-state index in [9.17, 15) is 4.79 Å². The molecule has 34 heavy (non-hydrogen) atoms. The summed E-state index contributed by atoms with van der Waals surface area (Å²) in [4.78, 5) is 12.1. The standard InChI is InChI=1S/C32H62O2/c1-4-7-9-11-13-15-17-18-20-22-24-26-28-31(30-32(33)34-29-6-3)27-25-23-21-19-16-14-12-10-8-5-2/h6,31H,3-5,7-30H2,1-2H3. The lowest BCUT2D eigenvalue weighted by Gasteiger charge is -2.16. The van der Waals surface area contributed by atoms with Crippen molar-refractivity contribution < 1.29 is 9.53 Å². The first-order chi connectivity index (χ1) is 16.7. The Morgan fingerprint density at radius 1 is 0.588 bits per heavy atom. The summed E-state index contributed by atoms with van der Waals surface area (Å²) in [5, 5.41) is 0. The smallest absolute Gasteiger partial charge is 0.306 e. The molecule has 2 nitrogen and oxygen atoms in total. The van der Waals surface area contributed by atoms with Gasteiger partial charge in [0.25, 0.3) is 0 Å². The van der Waals surface area contributed by atoms with Crippen molar-refractivity contribution in [3.05, 3.63) is 12.7 Å². The molecule has 0 rings (SSSR count). The largest absolute Gasteiger partial charge is 0.461 e. The first-order valence-corrected chi connectivity index (χ1v) is 15.5. The number of ether oxygens (including phenoxy) is 1. The topological polar surface area (TPSA) is 26.3 Å². The van der Waals surface area contributed by atoms with Crippen LogP contribution in [-0.2, 0) is 9.53 Å². The lowest BCUT2D eigenvalue weighted by Crippen LogP contribution is -2.12. The second kappa shape index (κ2) is 28.4. The highest BCUT2D eigenvalue weighted by Crippen LogP contribution is 2.23. The highest BCUT2D eigenvalue weighted by molar-refractivity contribution is 5.69. The molecule has 202 valence electrons. The number of esters is 1. The van der Waals surface area contributed by atoms with Gasteiger partial charge in [0, 0.05) is 6.42 Å². The van der Waals surface area contributed by atoms with E-state index < -0.39 is 0 Å². The van der Waals surface area contributed by atoms with E-state index in [0.29, 0.717) is 18.9 Å². The molecule has 0 aromatic rings. The van der Waals surface area contributed by atoms with Crippen molar-refractivity contribution in [1.29, 1.82) is 0 Å². The van der Waals surface area contributed by atoms with Crippen LogP contribution in [0.1, 0.15) is 174 Å². The van der Waals surface area contributed by atoms with Gasteiger partial charge in [-0.05, 0) is 18.8 Å². The zero-order valence-electron chi connectivity index (χ0n) is 23.6. The lowest BCUT2D eigenvalue weighted by atomic mass is 9.91. The van der Waals surface area contributed by atoms with Crippen LogP contribution in [0.3, 0.4) is 0 Å². The van der Waals surface area contributed by atoms with Crippen molar-refractivity contribution in [2.45, 2.75) is 174 Å². The van der Waals surface area contributed by atoms with E-state index in [-0.39, 0.29) is 5.97 Å². The fourth-order valence-corrected chi connectivity index (χ4v) is 4.99. The van der Waals surface area contributed by atoms with Crippen LogP contribution in [-0.4, -0.2) is 12.6 Å². The first kappa shape index (κ1) is 33.2. The van der Waals surface area contributed by atoms with E-state index >= 15 is 0 Å². The van der Waals surface area contributed by atoms with Crippen molar-refractivity contribution in [3.8, 4) is 0 Å². The minimum Gasteiger partial charge on any atom is -0.461 e. The predicted molar refractivity (Wildman–Crippen MR) is 151 cm³/mol. The Hall–Kier alpha value is -0.790. The van der Waals surface area contributed by atoms with E-state index in [2.05, 4.69) is 20.4 Å². The summed E-state index contributed by atoms with van der Waals surface area (Å²) in [6.07, 6.45) is 35.0. The molecule has 1 atom stereocenters. The van der Waals surface area contributed by atoms with Gasteiger partial charge in [0.05, 0.1) is 0 Å². The zero-order valence-corrected chi connectivity index (χ0v) is 23.6. The second-order valence-corrected chi connectivity index (χ2v) is 10.7. The summed E-state index contributed by atoms with van der Waals surface area (Å²) < 4.78 is 5.28. The van der Waals surface area contributed by atoms with E-state index in [1.165, 1.54) is 154 Å². The van der Waals surface area contributed by atoms with Crippen molar-refractivity contribution in [2.75, 3.05) is 6.61 Å². The molecule has 1 unspecified atom stereocenters. The van der Waals surface area contributed by atoms with E-state index in [1.807, 2.05) is 0 Å². The number of hydrogen-bond donors (Lipinski definition) is 0. The molecule has 0 fully saturated rings. The summed E-state index contributed by atoms with van der Waals surface area (Å²) in [7, 11) is 0. The fraction of sp³-hybridized carbons (Fsp3) is 0.906. The van der Waals surface area contributed by atoms with Crippen molar-refractivity contribution in [2.24, 2.45) is 5.92 Å². The molecule has 0 aliphatic rings. The molecule has 2 heteroatoms. The van der Waals surface area contributed by atoms with Crippen LogP contribution in [0, 0.1) is 5.92 Å². The molecule has 0 bridgehead atoms. The normalized spacial score (nSPS) is 12.1. The zero-order chi connectivity index (χ0) is 25.0. The highest BCUT2D eigenvalue weighted by atomic mass is 16.5. The van der Waals surface area contributed by atoms with E-state index in [1.54, 1.807) is 6.08 Å². The maximum atomic E-state index is 12.1. The van der Waals surface area contributed by atoms with Crippen LogP contribution in [0.2, 0.25) is 0 Å². The minimum atomic E-state index is -0.0316. The van der Waals surface area contributed by atoms with Gasteiger partial charge in [-0.3, -0.25) is 4.79 Å². The summed E-state index contributed by atoms with van der Waals surface area (Å²) in [5.74, 6) is 0.477. The monoisotopic (exact) mass is 478 g/mol. The fourth-order valence-electron chi connectivity index (χ4n) is 4.99. The lowest BCUT2D eigenvalue weighted by molar-refractivity contribution is -0.143. The van der Waals surface area contributed by atoms with Gasteiger partial charge >= 0.3 is 5.97 Å². The molecule has 0 radical (unpaired) electrons. The summed E-state index contributed by atoms with van der Waals surface area (Å²) in [6.45, 7) is 8.57. The molecule has 0 N–H and O–H groups in total. The van der Waals surface area contributed by atoms with Gasteiger partial charge in [-0.2, -0.15) is 0 Å². The van der Waals surface area contributed by atoms with Crippen LogP contribution in [0.15, 0.2) is 12.7 Å². The van der Waals surface area contributed by atoms with Gasteiger partial charge in [0.2, 0.25) is 0 Å². The Kier molecular flexibility index (Phi) is 27.8. The number of unbranched alkanes of at least 4 members (excludes halogenated alkanes) is 20. The van der Waals surface area contributed by atoms with Gasteiger partial charge in [-0.15, -0.1) is 0 Å². The van der Waals surface area contributed by atoms with Crippen molar-refractivity contribution in [3.63, 3.8) is 0 Å². The average Bonchev–Trinajstić information content (AvgIpc) is 2.84. The second-order valence-electron chi connectivity index (χ2n) is 10.7. The van der Waals surface area contributed by atoms with E-state index in [4.69, 9.17) is 4.74 Å². The number of hydrogen-bond acceptors (Lipinski definition) is 2. The molecule has 0 aliphatic carbocycles. The van der Waals surface area contributed by atoms with Crippen LogP contribution in [0.4, 0.5) is 0 Å². The Balaban J connectivity index is 3.83. The van der Waals surface area contributed by atoms with Gasteiger partial charge in [-0.25, -0.2) is 0 Å². The number of carbonyl (C=O) groups excluding carboxylic acids is 1. The molecule has 0 heterocycles. The van der Waals surface area contributed by atoms with E-state index in [0.717, 1.165) is 0 Å². The van der Waals surface area contributed by atoms with Crippen LogP contribution >= 0.6 is 0 Å². The minimum absolute atomic E-state index is 0.0316. The number of carbonyl (C=O) groups is 1. The summed E-state index contributed by atoms with van der Waals surface area (Å²) in [6, 6.07) is 0. The third-order valence-electron chi connectivity index (χ3n) is 7.25. The highest BCUT2D eigenvalue weighted by Gasteiger charge is 2.14. The Bertz CT molecular complexity index is 417. The molecule has 0 aromatic heterocycles. The Morgan fingerprint density at radius 3 is 1.24 bits per heavy atom. The molecule has 0 aliphatic heterocycles. The third-order valence-corrected chi connectivity index (χ3v) is 7.25. The molecule has 0 saturated heterocycles. The average molecular weight is 479 g/mol. The van der Waals surface area contributed by atoms with Gasteiger partial charge in [0.15, 0.2) is 0 Å². The Labute approximate surface area is 215 Å². The molecule has 0 aromatic carbocycles. The Morgan fingerprint density at radius 2 is 0.912 bits per heavy atom. The van der Waals surface area contributed by atoms with Crippen LogP contribution < -0.4 is 0 Å². The molecular formula is C32H62O2.